The zero-order valence-electron chi connectivity index (χ0n) is 30.6. The molecule has 1 aliphatic carbocycles. The summed E-state index contributed by atoms with van der Waals surface area (Å²) < 4.78 is 4.42. The van der Waals surface area contributed by atoms with E-state index in [1.165, 1.54) is 11.1 Å². The first kappa shape index (κ1) is 33.4. The first-order valence-electron chi connectivity index (χ1n) is 18.8. The average Bonchev–Trinajstić information content (AvgIpc) is 3.97. The molecule has 3 aromatic heterocycles. The Hall–Kier alpha value is -6.47. The summed E-state index contributed by atoms with van der Waals surface area (Å²) in [5.41, 5.74) is 12.4. The van der Waals surface area contributed by atoms with Crippen molar-refractivity contribution in [2.75, 3.05) is 0 Å². The molecule has 0 fully saturated rings. The summed E-state index contributed by atoms with van der Waals surface area (Å²) in [4.78, 5) is 10.2. The monoisotopic (exact) mass is 703 g/mol. The number of aryl methyl sites for hydroxylation is 3. The fourth-order valence-corrected chi connectivity index (χ4v) is 8.60. The van der Waals surface area contributed by atoms with Crippen molar-refractivity contribution in [1.29, 1.82) is 0 Å². The topological polar surface area (TPSA) is 74.3 Å². The number of benzene rings is 5. The number of aromatic nitrogens is 7. The molecule has 0 bridgehead atoms. The summed E-state index contributed by atoms with van der Waals surface area (Å²) in [5, 5.41) is 14.0. The minimum absolute atomic E-state index is 0.172. The third-order valence-electron chi connectivity index (χ3n) is 11.0. The van der Waals surface area contributed by atoms with Crippen molar-refractivity contribution in [1.82, 2.24) is 34.7 Å². The zero-order valence-corrected chi connectivity index (χ0v) is 30.6. The van der Waals surface area contributed by atoms with Crippen LogP contribution in [0.25, 0.3) is 33.7 Å². The van der Waals surface area contributed by atoms with Crippen LogP contribution < -0.4 is 0 Å². The molecule has 0 spiro atoms. The van der Waals surface area contributed by atoms with Gasteiger partial charge in [-0.15, -0.1) is 11.7 Å². The van der Waals surface area contributed by atoms with Crippen molar-refractivity contribution in [3.05, 3.63) is 197 Å². The van der Waals surface area contributed by atoms with E-state index < -0.39 is 5.54 Å². The van der Waals surface area contributed by atoms with Gasteiger partial charge in [-0.2, -0.15) is 0 Å². The Morgan fingerprint density at radius 1 is 0.759 bits per heavy atom. The Morgan fingerprint density at radius 3 is 2.02 bits per heavy atom. The molecule has 7 nitrogen and oxygen atoms in total. The van der Waals surface area contributed by atoms with E-state index in [1.54, 1.807) is 0 Å². The van der Waals surface area contributed by atoms with Crippen LogP contribution in [0.5, 0.6) is 0 Å². The molecule has 7 heteroatoms. The van der Waals surface area contributed by atoms with Gasteiger partial charge < -0.3 is 4.57 Å². The molecule has 54 heavy (non-hydrogen) atoms. The van der Waals surface area contributed by atoms with Crippen LogP contribution in [0.4, 0.5) is 0 Å². The van der Waals surface area contributed by atoms with E-state index in [-0.39, 0.29) is 6.04 Å². The molecular formula is C47H41N7. The molecule has 1 unspecified atom stereocenters. The van der Waals surface area contributed by atoms with Gasteiger partial charge in [0.2, 0.25) is 0 Å². The average molecular weight is 704 g/mol. The van der Waals surface area contributed by atoms with Crippen molar-refractivity contribution in [3.8, 4) is 22.5 Å². The Kier molecular flexibility index (Phi) is 8.54. The Labute approximate surface area is 315 Å². The maximum absolute atomic E-state index is 5.12. The number of allylic oxidation sites excluding steroid dienone is 1. The van der Waals surface area contributed by atoms with Crippen LogP contribution in [-0.2, 0) is 24.8 Å². The van der Waals surface area contributed by atoms with Crippen LogP contribution in [0.1, 0.15) is 64.3 Å². The molecular weight excluding hydrogens is 663 g/mol. The van der Waals surface area contributed by atoms with Crippen molar-refractivity contribution in [2.45, 2.75) is 51.1 Å². The van der Waals surface area contributed by atoms with Gasteiger partial charge in [0.25, 0.3) is 0 Å². The summed E-state index contributed by atoms with van der Waals surface area (Å²) >= 11 is 0. The molecule has 0 N–H and O–H groups in total. The van der Waals surface area contributed by atoms with Crippen molar-refractivity contribution >= 4 is 11.2 Å². The molecule has 0 radical (unpaired) electrons. The smallest absolute Gasteiger partial charge is 0.184 e. The predicted octanol–water partition coefficient (Wildman–Crippen LogP) is 9.73. The molecule has 264 valence electrons. The molecule has 8 aromatic rings. The van der Waals surface area contributed by atoms with E-state index in [0.29, 0.717) is 5.82 Å². The van der Waals surface area contributed by atoms with E-state index in [1.807, 2.05) is 10.8 Å². The Bertz CT molecular complexity index is 2510. The number of fused-ring (bicyclic) bond motifs is 2. The molecule has 0 aliphatic heterocycles. The van der Waals surface area contributed by atoms with Gasteiger partial charge in [0.1, 0.15) is 16.9 Å². The summed E-state index contributed by atoms with van der Waals surface area (Å²) in [6.07, 6.45) is 5.47. The second-order valence-corrected chi connectivity index (χ2v) is 14.1. The molecule has 0 saturated carbocycles. The first-order chi connectivity index (χ1) is 26.6. The van der Waals surface area contributed by atoms with E-state index in [9.17, 15) is 0 Å². The molecule has 5 aromatic carbocycles. The lowest BCUT2D eigenvalue weighted by Gasteiger charge is -2.36. The van der Waals surface area contributed by atoms with Crippen LogP contribution >= 0.6 is 0 Å². The van der Waals surface area contributed by atoms with Crippen LogP contribution in [0.2, 0.25) is 0 Å². The van der Waals surface area contributed by atoms with Crippen LogP contribution in [-0.4, -0.2) is 34.7 Å². The first-order valence-corrected chi connectivity index (χ1v) is 18.8. The Balaban J connectivity index is 1.18. The number of tetrazole rings is 1. The molecule has 3 heterocycles. The molecule has 1 atom stereocenters. The summed E-state index contributed by atoms with van der Waals surface area (Å²) in [6.45, 7) is 8.28. The number of hydrogen-bond acceptors (Lipinski definition) is 5. The second-order valence-electron chi connectivity index (χ2n) is 14.1. The highest BCUT2D eigenvalue weighted by molar-refractivity contribution is 5.82. The van der Waals surface area contributed by atoms with Gasteiger partial charge in [-0.25, -0.2) is 14.6 Å². The van der Waals surface area contributed by atoms with Crippen molar-refractivity contribution < 1.29 is 0 Å². The number of pyridine rings is 1. The molecule has 1 aliphatic rings. The summed E-state index contributed by atoms with van der Waals surface area (Å²) in [7, 11) is 0. The zero-order chi connectivity index (χ0) is 36.6. The normalized spacial score (nSPS) is 14.0. The summed E-state index contributed by atoms with van der Waals surface area (Å²) in [6, 6.07) is 49.4. The quantitative estimate of drug-likeness (QED) is 0.105. The maximum atomic E-state index is 5.12. The van der Waals surface area contributed by atoms with Gasteiger partial charge >= 0.3 is 0 Å². The van der Waals surface area contributed by atoms with E-state index in [2.05, 4.69) is 170 Å². The number of imidazole rings is 1. The van der Waals surface area contributed by atoms with Gasteiger partial charge in [0, 0.05) is 24.1 Å². The fourth-order valence-electron chi connectivity index (χ4n) is 8.60. The maximum Gasteiger partial charge on any atom is 0.184 e. The van der Waals surface area contributed by atoms with Crippen LogP contribution in [0.15, 0.2) is 152 Å². The molecule has 0 amide bonds. The van der Waals surface area contributed by atoms with Gasteiger partial charge in [0.05, 0.1) is 6.04 Å². The number of hydrogen-bond donors (Lipinski definition) is 0. The lowest BCUT2D eigenvalue weighted by Crippen LogP contribution is -2.39. The highest BCUT2D eigenvalue weighted by atomic mass is 15.6. The van der Waals surface area contributed by atoms with Gasteiger partial charge in [-0.05, 0) is 80.8 Å². The van der Waals surface area contributed by atoms with E-state index >= 15 is 0 Å². The second kappa shape index (κ2) is 13.8. The third-order valence-corrected chi connectivity index (χ3v) is 11.0. The molecule has 0 saturated heterocycles. The van der Waals surface area contributed by atoms with E-state index in [0.717, 1.165) is 87.3 Å². The summed E-state index contributed by atoms with van der Waals surface area (Å²) in [5.74, 6) is 1.77. The Morgan fingerprint density at radius 2 is 1.39 bits per heavy atom. The number of nitrogens with zero attached hydrogens (tertiary/aromatic N) is 7. The van der Waals surface area contributed by atoms with Crippen molar-refractivity contribution in [2.24, 2.45) is 0 Å². The lowest BCUT2D eigenvalue weighted by atomic mass is 9.77. The van der Waals surface area contributed by atoms with Crippen LogP contribution in [0, 0.1) is 6.92 Å². The van der Waals surface area contributed by atoms with Crippen molar-refractivity contribution in [3.63, 3.8) is 0 Å². The van der Waals surface area contributed by atoms with Gasteiger partial charge in [0.15, 0.2) is 11.5 Å². The van der Waals surface area contributed by atoms with Gasteiger partial charge in [-0.3, -0.25) is 0 Å². The highest BCUT2D eigenvalue weighted by Crippen LogP contribution is 2.45. The SMILES string of the molecule is C=CCc1cc(C)c2nc(CC)n(C3CCc4cc(-c5ccccc5-c5nnnn5C(c5ccccc5)(c5ccccc5)c5ccccc5)ccc43)c2n1. The standard InChI is InChI=1S/C47H41N7/c1-4-17-38-30-32(3)44-46(48-38)53(43(5-2)49-44)42-29-27-34-31-33(26-28-40(34)42)39-24-15-16-25-41(39)45-50-51-52-54(45)47(35-18-9-6-10-19-35,36-20-11-7-12-21-36)37-22-13-8-14-23-37/h4,6-16,18-26,28,30-31,42H,1,5,17,27,29H2,2-3H3. The number of rotatable bonds is 10. The van der Waals surface area contributed by atoms with Gasteiger partial charge in [-0.1, -0.05) is 146 Å². The fraction of sp³-hybridized carbons (Fsp3) is 0.170. The third kappa shape index (κ3) is 5.38. The molecule has 9 rings (SSSR count). The lowest BCUT2D eigenvalue weighted by molar-refractivity contribution is 0.451. The predicted molar refractivity (Wildman–Crippen MR) is 215 cm³/mol. The highest BCUT2D eigenvalue weighted by Gasteiger charge is 2.42. The van der Waals surface area contributed by atoms with E-state index in [4.69, 9.17) is 20.3 Å². The largest absolute Gasteiger partial charge is 0.305 e. The minimum atomic E-state index is -0.844. The minimum Gasteiger partial charge on any atom is -0.305 e. The van der Waals surface area contributed by atoms with Crippen LogP contribution in [0.3, 0.4) is 0 Å².